The van der Waals surface area contributed by atoms with Crippen molar-refractivity contribution in [2.75, 3.05) is 51.3 Å². The lowest BCUT2D eigenvalue weighted by Gasteiger charge is -2.34. The van der Waals surface area contributed by atoms with Gasteiger partial charge in [0.05, 0.1) is 26.3 Å². The topological polar surface area (TPSA) is 62.6 Å². The van der Waals surface area contributed by atoms with Gasteiger partial charge in [-0.05, 0) is 19.8 Å². The molecule has 0 aromatic carbocycles. The summed E-state index contributed by atoms with van der Waals surface area (Å²) < 4.78 is 21.2. The molecule has 134 valence electrons. The predicted octanol–water partition coefficient (Wildman–Crippen LogP) is 1.57. The molecule has 0 unspecified atom stereocenters. The maximum Gasteiger partial charge on any atom is 0.323 e. The first-order valence-electron chi connectivity index (χ1n) is 8.60. The van der Waals surface area contributed by atoms with Gasteiger partial charge in [0, 0.05) is 38.4 Å². The number of likely N-dealkylation sites (tertiary alicyclic amines) is 1. The Balaban J connectivity index is 1.47. The number of morpholine rings is 1. The van der Waals surface area contributed by atoms with Crippen LogP contribution in [0.2, 0.25) is 0 Å². The normalized spacial score (nSPS) is 25.7. The van der Waals surface area contributed by atoms with E-state index in [9.17, 15) is 9.18 Å². The van der Waals surface area contributed by atoms with Gasteiger partial charge in [0.15, 0.2) is 5.82 Å². The van der Waals surface area contributed by atoms with Crippen LogP contribution < -0.4 is 5.32 Å². The third-order valence-corrected chi connectivity index (χ3v) is 4.56. The Morgan fingerprint density at radius 2 is 2.17 bits per heavy atom. The van der Waals surface area contributed by atoms with E-state index in [2.05, 4.69) is 15.3 Å². The summed E-state index contributed by atoms with van der Waals surface area (Å²) in [4.78, 5) is 16.1. The zero-order valence-electron chi connectivity index (χ0n) is 14.2. The molecular formula is C16H26FN5O2. The summed E-state index contributed by atoms with van der Waals surface area (Å²) in [5.41, 5.74) is -1.30. The van der Waals surface area contributed by atoms with Crippen LogP contribution in [0, 0.1) is 0 Å². The summed E-state index contributed by atoms with van der Waals surface area (Å²) >= 11 is 0. The molecule has 2 fully saturated rings. The molecular weight excluding hydrogens is 313 g/mol. The summed E-state index contributed by atoms with van der Waals surface area (Å²) in [5, 5.41) is 7.13. The average Bonchev–Trinajstić information content (AvgIpc) is 3.00. The van der Waals surface area contributed by atoms with Crippen molar-refractivity contribution in [1.29, 1.82) is 0 Å². The summed E-state index contributed by atoms with van der Waals surface area (Å²) in [7, 11) is 0. The van der Waals surface area contributed by atoms with Gasteiger partial charge in [0.1, 0.15) is 5.67 Å². The monoisotopic (exact) mass is 339 g/mol. The number of piperidine rings is 1. The first kappa shape index (κ1) is 17.2. The Labute approximate surface area is 141 Å². The van der Waals surface area contributed by atoms with Crippen LogP contribution in [0.1, 0.15) is 19.8 Å². The van der Waals surface area contributed by atoms with Crippen LogP contribution in [0.3, 0.4) is 0 Å². The van der Waals surface area contributed by atoms with E-state index < -0.39 is 5.67 Å². The standard InChI is InChI=1S/C16H26FN5O2/c1-16(17)4-2-5-21(13-16)15(23)18-14-3-6-22(19-14)8-7-20-9-11-24-12-10-20/h3,6H,2,4-5,7-13H2,1H3,(H,18,19,23)/t16-/m0/s1. The number of anilines is 1. The number of urea groups is 1. The van der Waals surface area contributed by atoms with Crippen molar-refractivity contribution in [3.63, 3.8) is 0 Å². The molecule has 24 heavy (non-hydrogen) atoms. The lowest BCUT2D eigenvalue weighted by Crippen LogP contribution is -2.48. The first-order chi connectivity index (χ1) is 11.5. The molecule has 1 N–H and O–H groups in total. The van der Waals surface area contributed by atoms with E-state index in [0.29, 0.717) is 25.2 Å². The number of amides is 2. The highest BCUT2D eigenvalue weighted by Crippen LogP contribution is 2.24. The van der Waals surface area contributed by atoms with Crippen molar-refractivity contribution in [1.82, 2.24) is 19.6 Å². The maximum absolute atomic E-state index is 14.0. The minimum atomic E-state index is -1.30. The lowest BCUT2D eigenvalue weighted by molar-refractivity contribution is 0.0360. The summed E-state index contributed by atoms with van der Waals surface area (Å²) in [6.45, 7) is 7.40. The molecule has 0 aliphatic carbocycles. The molecule has 1 aromatic heterocycles. The van der Waals surface area contributed by atoms with Crippen molar-refractivity contribution in [2.24, 2.45) is 0 Å². The van der Waals surface area contributed by atoms with Crippen LogP contribution in [0.4, 0.5) is 15.0 Å². The fourth-order valence-corrected chi connectivity index (χ4v) is 3.18. The lowest BCUT2D eigenvalue weighted by atomic mass is 9.97. The van der Waals surface area contributed by atoms with Gasteiger partial charge in [0.2, 0.25) is 0 Å². The van der Waals surface area contributed by atoms with Crippen LogP contribution in [-0.4, -0.2) is 77.2 Å². The second kappa shape index (κ2) is 7.48. The van der Waals surface area contributed by atoms with Crippen molar-refractivity contribution in [3.8, 4) is 0 Å². The summed E-state index contributed by atoms with van der Waals surface area (Å²) in [6.07, 6.45) is 3.05. The highest BCUT2D eigenvalue weighted by Gasteiger charge is 2.33. The second-order valence-electron chi connectivity index (χ2n) is 6.79. The molecule has 3 rings (SSSR count). The van der Waals surface area contributed by atoms with Gasteiger partial charge >= 0.3 is 6.03 Å². The van der Waals surface area contributed by atoms with Crippen molar-refractivity contribution < 1.29 is 13.9 Å². The van der Waals surface area contributed by atoms with Crippen LogP contribution >= 0.6 is 0 Å². The Morgan fingerprint density at radius 1 is 1.38 bits per heavy atom. The largest absolute Gasteiger partial charge is 0.379 e. The number of halogens is 1. The van der Waals surface area contributed by atoms with Crippen molar-refractivity contribution in [3.05, 3.63) is 12.3 Å². The van der Waals surface area contributed by atoms with Crippen LogP contribution in [0.5, 0.6) is 0 Å². The summed E-state index contributed by atoms with van der Waals surface area (Å²) in [6, 6.07) is 1.49. The smallest absolute Gasteiger partial charge is 0.323 e. The third kappa shape index (κ3) is 4.67. The van der Waals surface area contributed by atoms with E-state index in [1.807, 2.05) is 10.9 Å². The second-order valence-corrected chi connectivity index (χ2v) is 6.79. The van der Waals surface area contributed by atoms with E-state index in [1.165, 1.54) is 4.90 Å². The van der Waals surface area contributed by atoms with Gasteiger partial charge in [0.25, 0.3) is 0 Å². The Morgan fingerprint density at radius 3 is 2.92 bits per heavy atom. The number of rotatable bonds is 4. The maximum atomic E-state index is 14.0. The molecule has 7 nitrogen and oxygen atoms in total. The highest BCUT2D eigenvalue weighted by molar-refractivity contribution is 5.88. The Hall–Kier alpha value is -1.67. The molecule has 1 atom stereocenters. The fraction of sp³-hybridized carbons (Fsp3) is 0.750. The minimum Gasteiger partial charge on any atom is -0.379 e. The SMILES string of the molecule is C[C@]1(F)CCCN(C(=O)Nc2ccn(CCN3CCOCC3)n2)C1. The summed E-state index contributed by atoms with van der Waals surface area (Å²) in [5.74, 6) is 0.508. The molecule has 2 saturated heterocycles. The zero-order valence-corrected chi connectivity index (χ0v) is 14.2. The molecule has 3 heterocycles. The molecule has 0 spiro atoms. The highest BCUT2D eigenvalue weighted by atomic mass is 19.1. The average molecular weight is 339 g/mol. The molecule has 2 aliphatic rings. The Kier molecular flexibility index (Phi) is 5.35. The molecule has 2 aliphatic heterocycles. The van der Waals surface area contributed by atoms with Gasteiger partial charge < -0.3 is 9.64 Å². The van der Waals surface area contributed by atoms with Crippen molar-refractivity contribution in [2.45, 2.75) is 32.0 Å². The van der Waals surface area contributed by atoms with Crippen LogP contribution in [-0.2, 0) is 11.3 Å². The van der Waals surface area contributed by atoms with Gasteiger partial charge in [-0.3, -0.25) is 14.9 Å². The quantitative estimate of drug-likeness (QED) is 0.904. The Bertz CT molecular complexity index is 556. The minimum absolute atomic E-state index is 0.135. The number of alkyl halides is 1. The number of hydrogen-bond acceptors (Lipinski definition) is 4. The molecule has 0 bridgehead atoms. The van der Waals surface area contributed by atoms with Gasteiger partial charge in [-0.15, -0.1) is 0 Å². The molecule has 0 saturated carbocycles. The van der Waals surface area contributed by atoms with E-state index >= 15 is 0 Å². The van der Waals surface area contributed by atoms with Crippen LogP contribution in [0.15, 0.2) is 12.3 Å². The van der Waals surface area contributed by atoms with E-state index in [1.54, 1.807) is 13.0 Å². The molecule has 2 amide bonds. The number of aromatic nitrogens is 2. The molecule has 8 heteroatoms. The number of nitrogens with zero attached hydrogens (tertiary/aromatic N) is 4. The van der Waals surface area contributed by atoms with Gasteiger partial charge in [-0.2, -0.15) is 5.10 Å². The van der Waals surface area contributed by atoms with Crippen molar-refractivity contribution >= 4 is 11.8 Å². The fourth-order valence-electron chi connectivity index (χ4n) is 3.18. The van der Waals surface area contributed by atoms with Gasteiger partial charge in [-0.25, -0.2) is 9.18 Å². The number of carbonyl (C=O) groups excluding carboxylic acids is 1. The first-order valence-corrected chi connectivity index (χ1v) is 8.60. The number of carbonyl (C=O) groups is 1. The molecule has 1 aromatic rings. The number of nitrogens with one attached hydrogen (secondary N) is 1. The van der Waals surface area contributed by atoms with E-state index in [0.717, 1.165) is 39.4 Å². The van der Waals surface area contributed by atoms with E-state index in [-0.39, 0.29) is 12.6 Å². The number of ether oxygens (including phenoxy) is 1. The van der Waals surface area contributed by atoms with Gasteiger partial charge in [-0.1, -0.05) is 0 Å². The molecule has 0 radical (unpaired) electrons. The third-order valence-electron chi connectivity index (χ3n) is 4.56. The van der Waals surface area contributed by atoms with Crippen LogP contribution in [0.25, 0.3) is 0 Å². The predicted molar refractivity (Wildman–Crippen MR) is 88.8 cm³/mol. The number of hydrogen-bond donors (Lipinski definition) is 1. The van der Waals surface area contributed by atoms with E-state index in [4.69, 9.17) is 4.74 Å². The zero-order chi connectivity index (χ0) is 17.0.